The Labute approximate surface area is 142 Å². The van der Waals surface area contributed by atoms with Crippen LogP contribution in [0.3, 0.4) is 0 Å². The fraction of sp³-hybridized carbons (Fsp3) is 0.111. The van der Waals surface area contributed by atoms with Gasteiger partial charge in [-0.25, -0.2) is 9.78 Å². The largest absolute Gasteiger partial charge is 0.444 e. The summed E-state index contributed by atoms with van der Waals surface area (Å²) in [7, 11) is 1.65. The minimum absolute atomic E-state index is 0.239. The molecule has 0 aliphatic rings. The molecule has 1 heterocycles. The zero-order chi connectivity index (χ0) is 16.2. The van der Waals surface area contributed by atoms with E-state index < -0.39 is 6.09 Å². The Kier molecular flexibility index (Phi) is 4.57. The lowest BCUT2D eigenvalue weighted by atomic mass is 10.2. The molecule has 1 aromatic heterocycles. The number of rotatable bonds is 3. The van der Waals surface area contributed by atoms with Crippen LogP contribution >= 0.6 is 15.9 Å². The van der Waals surface area contributed by atoms with Crippen LogP contribution in [0.25, 0.3) is 10.9 Å². The van der Waals surface area contributed by atoms with Crippen molar-refractivity contribution >= 4 is 38.7 Å². The Morgan fingerprint density at radius 1 is 1.13 bits per heavy atom. The van der Waals surface area contributed by atoms with E-state index in [1.54, 1.807) is 13.1 Å². The van der Waals surface area contributed by atoms with E-state index in [4.69, 9.17) is 4.74 Å². The summed E-state index contributed by atoms with van der Waals surface area (Å²) in [4.78, 5) is 18.1. The smallest absolute Gasteiger partial charge is 0.415 e. The van der Waals surface area contributed by atoms with Gasteiger partial charge in [-0.1, -0.05) is 52.3 Å². The van der Waals surface area contributed by atoms with Crippen LogP contribution in [-0.4, -0.2) is 18.1 Å². The first-order chi connectivity index (χ1) is 11.1. The number of hydrogen-bond acceptors (Lipinski definition) is 3. The zero-order valence-electron chi connectivity index (χ0n) is 12.6. The number of nitrogens with zero attached hydrogens (tertiary/aromatic N) is 2. The average Bonchev–Trinajstić information content (AvgIpc) is 2.59. The second kappa shape index (κ2) is 6.79. The first kappa shape index (κ1) is 15.5. The topological polar surface area (TPSA) is 42.4 Å². The molecule has 0 atom stereocenters. The van der Waals surface area contributed by atoms with Crippen LogP contribution in [-0.2, 0) is 11.3 Å². The van der Waals surface area contributed by atoms with Crippen LogP contribution in [0.2, 0.25) is 0 Å². The van der Waals surface area contributed by atoms with Crippen LogP contribution in [0.5, 0.6) is 0 Å². The third-order valence-corrected chi connectivity index (χ3v) is 3.96. The van der Waals surface area contributed by atoms with Crippen molar-refractivity contribution in [2.24, 2.45) is 0 Å². The van der Waals surface area contributed by atoms with Gasteiger partial charge in [0.1, 0.15) is 12.4 Å². The molecule has 0 saturated carbocycles. The van der Waals surface area contributed by atoms with Crippen molar-refractivity contribution in [2.75, 3.05) is 11.9 Å². The predicted molar refractivity (Wildman–Crippen MR) is 94.5 cm³/mol. The third kappa shape index (κ3) is 3.68. The number of halogens is 1. The minimum Gasteiger partial charge on any atom is -0.444 e. The summed E-state index contributed by atoms with van der Waals surface area (Å²) in [5, 5.41) is 1.02. The van der Waals surface area contributed by atoms with Gasteiger partial charge in [-0.3, -0.25) is 4.90 Å². The van der Waals surface area contributed by atoms with E-state index in [1.807, 2.05) is 54.6 Å². The van der Waals surface area contributed by atoms with Crippen LogP contribution in [0.1, 0.15) is 5.56 Å². The Balaban J connectivity index is 1.74. The van der Waals surface area contributed by atoms with Gasteiger partial charge in [0.2, 0.25) is 0 Å². The van der Waals surface area contributed by atoms with Gasteiger partial charge in [0.25, 0.3) is 0 Å². The van der Waals surface area contributed by atoms with Gasteiger partial charge in [-0.2, -0.15) is 0 Å². The van der Waals surface area contributed by atoms with Gasteiger partial charge in [0.05, 0.1) is 5.52 Å². The molecule has 23 heavy (non-hydrogen) atoms. The van der Waals surface area contributed by atoms with E-state index in [2.05, 4.69) is 20.9 Å². The maximum Gasteiger partial charge on any atom is 0.415 e. The normalized spacial score (nSPS) is 10.5. The van der Waals surface area contributed by atoms with E-state index in [1.165, 1.54) is 4.90 Å². The maximum atomic E-state index is 12.2. The summed E-state index contributed by atoms with van der Waals surface area (Å²) in [6, 6.07) is 19.2. The number of amides is 1. The van der Waals surface area contributed by atoms with Crippen molar-refractivity contribution in [1.82, 2.24) is 4.98 Å². The molecule has 116 valence electrons. The number of hydrogen-bond donors (Lipinski definition) is 0. The van der Waals surface area contributed by atoms with Crippen molar-refractivity contribution in [1.29, 1.82) is 0 Å². The first-order valence-electron chi connectivity index (χ1n) is 7.14. The molecule has 0 radical (unpaired) electrons. The monoisotopic (exact) mass is 370 g/mol. The first-order valence-corrected chi connectivity index (χ1v) is 7.93. The lowest BCUT2D eigenvalue weighted by Gasteiger charge is -2.16. The number of anilines is 1. The van der Waals surface area contributed by atoms with Gasteiger partial charge in [-0.05, 0) is 29.8 Å². The molecule has 0 N–H and O–H groups in total. The third-order valence-electron chi connectivity index (χ3n) is 3.46. The number of ether oxygens (including phenoxy) is 1. The molecule has 2 aromatic carbocycles. The highest BCUT2D eigenvalue weighted by Gasteiger charge is 2.14. The number of aromatic nitrogens is 1. The van der Waals surface area contributed by atoms with E-state index in [-0.39, 0.29) is 6.61 Å². The summed E-state index contributed by atoms with van der Waals surface area (Å²) in [5.41, 5.74) is 1.77. The highest BCUT2D eigenvalue weighted by molar-refractivity contribution is 9.10. The van der Waals surface area contributed by atoms with Crippen LogP contribution < -0.4 is 4.90 Å². The second-order valence-corrected chi connectivity index (χ2v) is 6.02. The highest BCUT2D eigenvalue weighted by Crippen LogP contribution is 2.21. The lowest BCUT2D eigenvalue weighted by molar-refractivity contribution is 0.148. The van der Waals surface area contributed by atoms with Crippen molar-refractivity contribution < 1.29 is 9.53 Å². The molecule has 0 spiro atoms. The summed E-state index contributed by atoms with van der Waals surface area (Å²) in [6.45, 7) is 0.239. The molecular formula is C18H15BrN2O2. The molecular weight excluding hydrogens is 356 g/mol. The summed E-state index contributed by atoms with van der Waals surface area (Å²) < 4.78 is 6.27. The second-order valence-electron chi connectivity index (χ2n) is 5.11. The summed E-state index contributed by atoms with van der Waals surface area (Å²) in [5.74, 6) is 0.550. The Morgan fingerprint density at radius 3 is 2.65 bits per heavy atom. The molecule has 0 saturated heterocycles. The fourth-order valence-corrected chi connectivity index (χ4v) is 2.53. The van der Waals surface area contributed by atoms with Gasteiger partial charge in [0, 0.05) is 16.9 Å². The molecule has 5 heteroatoms. The van der Waals surface area contributed by atoms with Gasteiger partial charge >= 0.3 is 6.09 Å². The van der Waals surface area contributed by atoms with Gasteiger partial charge < -0.3 is 4.74 Å². The average molecular weight is 371 g/mol. The fourth-order valence-electron chi connectivity index (χ4n) is 2.18. The quantitative estimate of drug-likeness (QED) is 0.666. The summed E-state index contributed by atoms with van der Waals surface area (Å²) >= 11 is 3.43. The Morgan fingerprint density at radius 2 is 1.87 bits per heavy atom. The van der Waals surface area contributed by atoms with Crippen LogP contribution in [0.15, 0.2) is 65.1 Å². The Bertz CT molecular complexity index is 837. The standard InChI is InChI=1S/C18H15BrN2O2/c1-21(18(22)23-12-13-5-3-2-4-6-13)17-10-8-14-7-9-15(19)11-16(14)20-17/h2-11H,12H2,1H3. The van der Waals surface area contributed by atoms with Crippen molar-refractivity contribution in [3.05, 3.63) is 70.7 Å². The maximum absolute atomic E-state index is 12.2. The number of carbonyl (C=O) groups excluding carboxylic acids is 1. The molecule has 4 nitrogen and oxygen atoms in total. The molecule has 0 aliphatic carbocycles. The van der Waals surface area contributed by atoms with E-state index in [0.29, 0.717) is 5.82 Å². The van der Waals surface area contributed by atoms with Gasteiger partial charge in [-0.15, -0.1) is 0 Å². The van der Waals surface area contributed by atoms with Gasteiger partial charge in [0.15, 0.2) is 0 Å². The van der Waals surface area contributed by atoms with E-state index in [9.17, 15) is 4.79 Å². The molecule has 3 aromatic rings. The Hall–Kier alpha value is -2.40. The highest BCUT2D eigenvalue weighted by atomic mass is 79.9. The predicted octanol–water partition coefficient (Wildman–Crippen LogP) is 4.77. The lowest BCUT2D eigenvalue weighted by Crippen LogP contribution is -2.27. The minimum atomic E-state index is -0.435. The SMILES string of the molecule is CN(C(=O)OCc1ccccc1)c1ccc2ccc(Br)cc2n1. The summed E-state index contributed by atoms with van der Waals surface area (Å²) in [6.07, 6.45) is -0.435. The molecule has 0 aliphatic heterocycles. The van der Waals surface area contributed by atoms with Crippen molar-refractivity contribution in [3.8, 4) is 0 Å². The number of fused-ring (bicyclic) bond motifs is 1. The van der Waals surface area contributed by atoms with E-state index >= 15 is 0 Å². The van der Waals surface area contributed by atoms with Crippen molar-refractivity contribution in [3.63, 3.8) is 0 Å². The van der Waals surface area contributed by atoms with Crippen LogP contribution in [0.4, 0.5) is 10.6 Å². The molecule has 1 amide bonds. The molecule has 3 rings (SSSR count). The van der Waals surface area contributed by atoms with Crippen LogP contribution in [0, 0.1) is 0 Å². The number of benzene rings is 2. The number of pyridine rings is 1. The molecule has 0 bridgehead atoms. The van der Waals surface area contributed by atoms with E-state index in [0.717, 1.165) is 20.9 Å². The number of carbonyl (C=O) groups is 1. The molecule has 0 unspecified atom stereocenters. The zero-order valence-corrected chi connectivity index (χ0v) is 14.2. The molecule has 0 fully saturated rings. The van der Waals surface area contributed by atoms with Crippen molar-refractivity contribution in [2.45, 2.75) is 6.61 Å².